The highest BCUT2D eigenvalue weighted by molar-refractivity contribution is 9.11. The second-order valence-electron chi connectivity index (χ2n) is 1.99. The van der Waals surface area contributed by atoms with E-state index in [0.29, 0.717) is 11.0 Å². The third-order valence-electron chi connectivity index (χ3n) is 0.861. The van der Waals surface area contributed by atoms with Crippen LogP contribution in [0.2, 0.25) is 0 Å². The molecule has 0 aliphatic carbocycles. The van der Waals surface area contributed by atoms with E-state index < -0.39 is 6.36 Å². The number of halogens is 4. The minimum Gasteiger partial charge on any atom is -0.310 e. The van der Waals surface area contributed by atoms with Crippen LogP contribution >= 0.6 is 15.9 Å². The zero-order valence-electron chi connectivity index (χ0n) is 6.25. The van der Waals surface area contributed by atoms with Crippen LogP contribution in [0.15, 0.2) is 11.1 Å². The normalized spacial score (nSPS) is 11.7. The van der Waals surface area contributed by atoms with Crippen molar-refractivity contribution >= 4 is 15.9 Å². The average Bonchev–Trinajstić information content (AvgIpc) is 1.83. The smallest absolute Gasteiger partial charge is 0.310 e. The van der Waals surface area contributed by atoms with Gasteiger partial charge in [-0.15, -0.1) is 13.2 Å². The fraction of sp³-hybridized carbons (Fsp3) is 0.667. The Morgan fingerprint density at radius 1 is 1.50 bits per heavy atom. The highest BCUT2D eigenvalue weighted by Crippen LogP contribution is 2.15. The van der Waals surface area contributed by atoms with Gasteiger partial charge in [-0.3, -0.25) is 4.74 Å². The summed E-state index contributed by atoms with van der Waals surface area (Å²) in [6.07, 6.45) is -4.53. The molecule has 0 atom stereocenters. The standard InChI is InChI=1S/C6H9BrF3NO/c1-5(7)4-11-2-3-12-6(8,9)10/h11H,1-4H2. The van der Waals surface area contributed by atoms with Crippen molar-refractivity contribution in [3.05, 3.63) is 11.1 Å². The largest absolute Gasteiger partial charge is 0.522 e. The van der Waals surface area contributed by atoms with E-state index in [0.717, 1.165) is 0 Å². The van der Waals surface area contributed by atoms with Crippen LogP contribution in [0, 0.1) is 0 Å². The van der Waals surface area contributed by atoms with Gasteiger partial charge in [0.15, 0.2) is 0 Å². The van der Waals surface area contributed by atoms with Crippen molar-refractivity contribution < 1.29 is 17.9 Å². The molecule has 0 aromatic heterocycles. The number of alkyl halides is 3. The van der Waals surface area contributed by atoms with E-state index in [2.05, 4.69) is 32.6 Å². The van der Waals surface area contributed by atoms with E-state index in [1.165, 1.54) is 0 Å². The van der Waals surface area contributed by atoms with Crippen LogP contribution in [0.1, 0.15) is 0 Å². The van der Waals surface area contributed by atoms with E-state index in [-0.39, 0.29) is 13.2 Å². The lowest BCUT2D eigenvalue weighted by atomic mass is 10.6. The molecule has 6 heteroatoms. The van der Waals surface area contributed by atoms with Gasteiger partial charge in [0.05, 0.1) is 6.61 Å². The Bertz CT molecular complexity index is 148. The Labute approximate surface area is 76.9 Å². The molecular weight excluding hydrogens is 239 g/mol. The predicted molar refractivity (Wildman–Crippen MR) is 42.9 cm³/mol. The lowest BCUT2D eigenvalue weighted by Gasteiger charge is -2.07. The lowest BCUT2D eigenvalue weighted by molar-refractivity contribution is -0.323. The van der Waals surface area contributed by atoms with Crippen molar-refractivity contribution in [1.82, 2.24) is 5.32 Å². The molecule has 0 aliphatic rings. The molecule has 0 heterocycles. The molecule has 0 spiro atoms. The van der Waals surface area contributed by atoms with Crippen LogP contribution in [0.4, 0.5) is 13.2 Å². The molecule has 0 unspecified atom stereocenters. The van der Waals surface area contributed by atoms with E-state index >= 15 is 0 Å². The van der Waals surface area contributed by atoms with Crippen molar-refractivity contribution in [1.29, 1.82) is 0 Å². The first-order valence-electron chi connectivity index (χ1n) is 3.16. The van der Waals surface area contributed by atoms with Crippen LogP contribution < -0.4 is 5.32 Å². The van der Waals surface area contributed by atoms with Crippen LogP contribution in [0.5, 0.6) is 0 Å². The molecule has 0 aromatic carbocycles. The topological polar surface area (TPSA) is 21.3 Å². The van der Waals surface area contributed by atoms with E-state index in [1.807, 2.05) is 0 Å². The number of hydrogen-bond donors (Lipinski definition) is 1. The molecule has 0 radical (unpaired) electrons. The molecule has 0 amide bonds. The Morgan fingerprint density at radius 2 is 2.08 bits per heavy atom. The third kappa shape index (κ3) is 9.93. The molecule has 0 aromatic rings. The molecule has 0 rings (SSSR count). The highest BCUT2D eigenvalue weighted by Gasteiger charge is 2.28. The molecule has 0 fully saturated rings. The van der Waals surface area contributed by atoms with Crippen LogP contribution in [0.25, 0.3) is 0 Å². The second-order valence-corrected chi connectivity index (χ2v) is 3.11. The second kappa shape index (κ2) is 5.55. The summed E-state index contributed by atoms with van der Waals surface area (Å²) in [6, 6.07) is 0. The quantitative estimate of drug-likeness (QED) is 0.751. The summed E-state index contributed by atoms with van der Waals surface area (Å²) in [4.78, 5) is 0. The highest BCUT2D eigenvalue weighted by atomic mass is 79.9. The van der Waals surface area contributed by atoms with Crippen LogP contribution in [-0.4, -0.2) is 26.1 Å². The van der Waals surface area contributed by atoms with E-state index in [1.54, 1.807) is 0 Å². The van der Waals surface area contributed by atoms with Crippen LogP contribution in [-0.2, 0) is 4.74 Å². The van der Waals surface area contributed by atoms with Gasteiger partial charge in [-0.25, -0.2) is 0 Å². The molecule has 1 N–H and O–H groups in total. The van der Waals surface area contributed by atoms with Gasteiger partial charge in [0.2, 0.25) is 0 Å². The zero-order valence-corrected chi connectivity index (χ0v) is 7.83. The van der Waals surface area contributed by atoms with Gasteiger partial charge in [-0.2, -0.15) is 0 Å². The Morgan fingerprint density at radius 3 is 2.50 bits per heavy atom. The summed E-state index contributed by atoms with van der Waals surface area (Å²) in [5.41, 5.74) is 0. The van der Waals surface area contributed by atoms with Crippen molar-refractivity contribution in [2.24, 2.45) is 0 Å². The molecule has 0 aliphatic heterocycles. The van der Waals surface area contributed by atoms with Crippen molar-refractivity contribution in [2.75, 3.05) is 19.7 Å². The van der Waals surface area contributed by atoms with Gasteiger partial charge < -0.3 is 5.32 Å². The minimum absolute atomic E-state index is 0.143. The van der Waals surface area contributed by atoms with Gasteiger partial charge in [0.1, 0.15) is 0 Å². The first-order chi connectivity index (χ1) is 5.42. The number of rotatable bonds is 5. The third-order valence-corrected chi connectivity index (χ3v) is 1.14. The predicted octanol–water partition coefficient (Wildman–Crippen LogP) is 2.02. The van der Waals surface area contributed by atoms with Gasteiger partial charge in [-0.1, -0.05) is 22.5 Å². The van der Waals surface area contributed by atoms with E-state index in [4.69, 9.17) is 0 Å². The Balaban J connectivity index is 3.17. The number of ether oxygens (including phenoxy) is 1. The summed E-state index contributed by atoms with van der Waals surface area (Å²) in [7, 11) is 0. The van der Waals surface area contributed by atoms with Crippen LogP contribution in [0.3, 0.4) is 0 Å². The number of nitrogens with one attached hydrogen (secondary N) is 1. The fourth-order valence-corrected chi connectivity index (χ4v) is 0.661. The Hall–Kier alpha value is -0.0700. The molecule has 72 valence electrons. The molecular formula is C6H9BrF3NO. The summed E-state index contributed by atoms with van der Waals surface area (Å²) < 4.78 is 38.3. The van der Waals surface area contributed by atoms with Gasteiger partial charge in [0, 0.05) is 17.6 Å². The lowest BCUT2D eigenvalue weighted by Crippen LogP contribution is -2.24. The molecule has 12 heavy (non-hydrogen) atoms. The maximum absolute atomic E-state index is 11.4. The molecule has 0 saturated heterocycles. The first kappa shape index (κ1) is 11.9. The summed E-state index contributed by atoms with van der Waals surface area (Å²) in [5, 5.41) is 2.69. The summed E-state index contributed by atoms with van der Waals surface area (Å²) in [6.45, 7) is 3.68. The minimum atomic E-state index is -4.53. The van der Waals surface area contributed by atoms with Gasteiger partial charge in [-0.05, 0) is 0 Å². The number of hydrogen-bond acceptors (Lipinski definition) is 2. The monoisotopic (exact) mass is 247 g/mol. The molecule has 0 saturated carbocycles. The SMILES string of the molecule is C=C(Br)CNCCOC(F)(F)F. The first-order valence-corrected chi connectivity index (χ1v) is 3.96. The van der Waals surface area contributed by atoms with Gasteiger partial charge >= 0.3 is 6.36 Å². The van der Waals surface area contributed by atoms with Gasteiger partial charge in [0.25, 0.3) is 0 Å². The average molecular weight is 248 g/mol. The fourth-order valence-electron chi connectivity index (χ4n) is 0.463. The zero-order chi connectivity index (χ0) is 9.61. The Kier molecular flexibility index (Phi) is 5.52. The maximum atomic E-state index is 11.4. The van der Waals surface area contributed by atoms with Crippen molar-refractivity contribution in [2.45, 2.75) is 6.36 Å². The maximum Gasteiger partial charge on any atom is 0.522 e. The van der Waals surface area contributed by atoms with E-state index in [9.17, 15) is 13.2 Å². The summed E-state index contributed by atoms with van der Waals surface area (Å²) in [5.74, 6) is 0. The molecule has 2 nitrogen and oxygen atoms in total. The van der Waals surface area contributed by atoms with Crippen molar-refractivity contribution in [3.8, 4) is 0 Å². The van der Waals surface area contributed by atoms with Crippen molar-refractivity contribution in [3.63, 3.8) is 0 Å². The molecule has 0 bridgehead atoms. The summed E-state index contributed by atoms with van der Waals surface area (Å²) >= 11 is 3.05.